The van der Waals surface area contributed by atoms with Crippen molar-refractivity contribution < 1.29 is 18.8 Å². The number of halogens is 1. The van der Waals surface area contributed by atoms with E-state index >= 15 is 0 Å². The topological polar surface area (TPSA) is 54.4 Å². The molecule has 1 aromatic carbocycles. The second-order valence-corrected chi connectivity index (χ2v) is 6.24. The number of oxime groups is 1. The van der Waals surface area contributed by atoms with E-state index in [0.717, 1.165) is 6.42 Å². The molecule has 3 atom stereocenters. The number of urea groups is 1. The van der Waals surface area contributed by atoms with Crippen LogP contribution in [0.3, 0.4) is 0 Å². The van der Waals surface area contributed by atoms with Gasteiger partial charge in [0.2, 0.25) is 6.23 Å². The molecule has 0 spiro atoms. The van der Waals surface area contributed by atoms with Gasteiger partial charge in [0.15, 0.2) is 0 Å². The van der Waals surface area contributed by atoms with E-state index in [9.17, 15) is 9.18 Å². The number of morpholine rings is 1. The van der Waals surface area contributed by atoms with Crippen LogP contribution in [-0.4, -0.2) is 60.6 Å². The van der Waals surface area contributed by atoms with Crippen molar-refractivity contribution in [3.05, 3.63) is 35.6 Å². The number of carbonyl (C=O) groups excluding carboxylic acids is 1. The van der Waals surface area contributed by atoms with Crippen LogP contribution in [0.2, 0.25) is 0 Å². The number of hydrogen-bond acceptors (Lipinski definition) is 4. The molecule has 3 heterocycles. The molecule has 0 radical (unpaired) electrons. The van der Waals surface area contributed by atoms with Gasteiger partial charge < -0.3 is 14.5 Å². The Bertz CT molecular complexity index is 757. The summed E-state index contributed by atoms with van der Waals surface area (Å²) in [4.78, 5) is 21.7. The van der Waals surface area contributed by atoms with Crippen molar-refractivity contribution in [1.29, 1.82) is 0 Å². The molecular weight excluding hydrogens is 325 g/mol. The van der Waals surface area contributed by atoms with Gasteiger partial charge in [-0.1, -0.05) is 23.1 Å². The minimum absolute atomic E-state index is 0.111. The van der Waals surface area contributed by atoms with E-state index in [0.29, 0.717) is 31.9 Å². The molecule has 3 aliphatic heterocycles. The molecule has 130 valence electrons. The predicted octanol–water partition coefficient (Wildman–Crippen LogP) is 1.66. The van der Waals surface area contributed by atoms with Gasteiger partial charge in [-0.25, -0.2) is 9.18 Å². The third-order valence-electron chi connectivity index (χ3n) is 4.63. The zero-order valence-electron chi connectivity index (χ0n) is 13.6. The predicted molar refractivity (Wildman–Crippen MR) is 88.2 cm³/mol. The molecule has 4 rings (SSSR count). The average molecular weight is 343 g/mol. The zero-order chi connectivity index (χ0) is 17.2. The zero-order valence-corrected chi connectivity index (χ0v) is 13.6. The highest BCUT2D eigenvalue weighted by Gasteiger charge is 2.43. The van der Waals surface area contributed by atoms with Crippen molar-refractivity contribution in [2.24, 2.45) is 11.1 Å². The minimum atomic E-state index is -0.370. The van der Waals surface area contributed by atoms with Gasteiger partial charge in [0.25, 0.3) is 0 Å². The lowest BCUT2D eigenvalue weighted by Crippen LogP contribution is -2.54. The van der Waals surface area contributed by atoms with Gasteiger partial charge in [-0.2, -0.15) is 0 Å². The normalized spacial score (nSPS) is 27.5. The summed E-state index contributed by atoms with van der Waals surface area (Å²) in [6, 6.07) is 5.61. The number of carbonyl (C=O) groups is 1. The number of ether oxygens (including phenoxy) is 1. The van der Waals surface area contributed by atoms with E-state index in [-0.39, 0.29) is 30.0 Å². The molecule has 1 aromatic rings. The van der Waals surface area contributed by atoms with Crippen molar-refractivity contribution in [3.63, 3.8) is 0 Å². The first-order valence-corrected chi connectivity index (χ1v) is 8.34. The molecule has 0 N–H and O–H groups in total. The molecule has 0 bridgehead atoms. The fourth-order valence-electron chi connectivity index (χ4n) is 3.30. The standard InChI is InChI=1S/C18H18FN3O3/c19-15-3-1-2-13(10-15)4-5-16-12-24-9-8-21(16)18(23)22-7-6-14-11-20-25-17(14)22/h1-3,10-11,14,16-17H,6-9,12H2. The lowest BCUT2D eigenvalue weighted by molar-refractivity contribution is -0.0282. The van der Waals surface area contributed by atoms with Crippen LogP contribution in [0, 0.1) is 23.6 Å². The number of hydrogen-bond donors (Lipinski definition) is 0. The van der Waals surface area contributed by atoms with Crippen LogP contribution < -0.4 is 0 Å². The largest absolute Gasteiger partial charge is 0.376 e. The summed E-state index contributed by atoms with van der Waals surface area (Å²) in [7, 11) is 0. The fourth-order valence-corrected chi connectivity index (χ4v) is 3.30. The van der Waals surface area contributed by atoms with Crippen LogP contribution in [0.15, 0.2) is 29.4 Å². The third-order valence-corrected chi connectivity index (χ3v) is 4.63. The maximum atomic E-state index is 13.3. The molecule has 0 aliphatic carbocycles. The van der Waals surface area contributed by atoms with Crippen molar-refractivity contribution >= 4 is 12.2 Å². The van der Waals surface area contributed by atoms with E-state index in [1.165, 1.54) is 12.1 Å². The van der Waals surface area contributed by atoms with E-state index in [4.69, 9.17) is 9.57 Å². The van der Waals surface area contributed by atoms with Crippen LogP contribution in [0.25, 0.3) is 0 Å². The average Bonchev–Trinajstić information content (AvgIpc) is 3.23. The van der Waals surface area contributed by atoms with Crippen molar-refractivity contribution in [3.8, 4) is 11.8 Å². The quantitative estimate of drug-likeness (QED) is 0.673. The third kappa shape index (κ3) is 3.17. The van der Waals surface area contributed by atoms with Crippen molar-refractivity contribution in [2.75, 3.05) is 26.3 Å². The molecule has 25 heavy (non-hydrogen) atoms. The highest BCUT2D eigenvalue weighted by atomic mass is 19.1. The van der Waals surface area contributed by atoms with E-state index in [1.54, 1.807) is 28.1 Å². The second-order valence-electron chi connectivity index (χ2n) is 6.24. The van der Waals surface area contributed by atoms with Crippen LogP contribution >= 0.6 is 0 Å². The van der Waals surface area contributed by atoms with Crippen LogP contribution in [0.5, 0.6) is 0 Å². The summed E-state index contributed by atoms with van der Waals surface area (Å²) in [6.45, 7) is 1.92. The molecule has 6 nitrogen and oxygen atoms in total. The Kier molecular flexibility index (Phi) is 4.28. The van der Waals surface area contributed by atoms with E-state index < -0.39 is 0 Å². The minimum Gasteiger partial charge on any atom is -0.376 e. The Morgan fingerprint density at radius 1 is 1.32 bits per heavy atom. The number of fused-ring (bicyclic) bond motifs is 1. The fraction of sp³-hybridized carbons (Fsp3) is 0.444. The van der Waals surface area contributed by atoms with Gasteiger partial charge in [0, 0.05) is 18.7 Å². The van der Waals surface area contributed by atoms with Gasteiger partial charge in [0.05, 0.1) is 25.3 Å². The van der Waals surface area contributed by atoms with Crippen LogP contribution in [0.1, 0.15) is 12.0 Å². The Hall–Kier alpha value is -2.59. The lowest BCUT2D eigenvalue weighted by Gasteiger charge is -2.36. The summed E-state index contributed by atoms with van der Waals surface area (Å²) in [5, 5.41) is 3.82. The molecule has 3 unspecified atom stereocenters. The Morgan fingerprint density at radius 2 is 2.24 bits per heavy atom. The first-order chi connectivity index (χ1) is 12.2. The van der Waals surface area contributed by atoms with Crippen LogP contribution in [0.4, 0.5) is 9.18 Å². The monoisotopic (exact) mass is 343 g/mol. The first-order valence-electron chi connectivity index (χ1n) is 8.34. The van der Waals surface area contributed by atoms with Gasteiger partial charge in [-0.05, 0) is 24.6 Å². The molecule has 0 aromatic heterocycles. The summed E-state index contributed by atoms with van der Waals surface area (Å²) >= 11 is 0. The summed E-state index contributed by atoms with van der Waals surface area (Å²) in [5.41, 5.74) is 0.576. The number of amides is 2. The van der Waals surface area contributed by atoms with Crippen molar-refractivity contribution in [1.82, 2.24) is 9.80 Å². The van der Waals surface area contributed by atoms with Gasteiger partial charge >= 0.3 is 6.03 Å². The van der Waals surface area contributed by atoms with E-state index in [2.05, 4.69) is 17.0 Å². The SMILES string of the molecule is O=C(N1CCOCC1C#Cc1cccc(F)c1)N1CCC2C=NOC21. The Morgan fingerprint density at radius 3 is 3.12 bits per heavy atom. The summed E-state index contributed by atoms with van der Waals surface area (Å²) < 4.78 is 18.8. The molecule has 3 aliphatic rings. The highest BCUT2D eigenvalue weighted by molar-refractivity contribution is 5.77. The smallest absolute Gasteiger partial charge is 0.324 e. The van der Waals surface area contributed by atoms with Gasteiger partial charge in [-0.15, -0.1) is 0 Å². The lowest BCUT2D eigenvalue weighted by atomic mass is 10.1. The molecule has 7 heteroatoms. The number of benzene rings is 1. The second kappa shape index (κ2) is 6.73. The number of likely N-dealkylation sites (tertiary alicyclic amines) is 1. The molecular formula is C18H18FN3O3. The van der Waals surface area contributed by atoms with E-state index in [1.807, 2.05) is 0 Å². The Labute approximate surface area is 145 Å². The molecule has 2 amide bonds. The number of nitrogens with zero attached hydrogens (tertiary/aromatic N) is 3. The molecule has 2 saturated heterocycles. The molecule has 2 fully saturated rings. The van der Waals surface area contributed by atoms with Crippen LogP contribution in [-0.2, 0) is 9.57 Å². The summed E-state index contributed by atoms with van der Waals surface area (Å²) in [5.74, 6) is 5.82. The maximum absolute atomic E-state index is 13.3. The maximum Gasteiger partial charge on any atom is 0.324 e. The Balaban J connectivity index is 1.50. The van der Waals surface area contributed by atoms with Gasteiger partial charge in [-0.3, -0.25) is 4.90 Å². The summed E-state index contributed by atoms with van der Waals surface area (Å²) in [6.07, 6.45) is 2.30. The van der Waals surface area contributed by atoms with Gasteiger partial charge in [0.1, 0.15) is 11.9 Å². The molecule has 0 saturated carbocycles. The highest BCUT2D eigenvalue weighted by Crippen LogP contribution is 2.29. The number of rotatable bonds is 0. The first kappa shape index (κ1) is 15.9. The van der Waals surface area contributed by atoms with Crippen molar-refractivity contribution in [2.45, 2.75) is 18.7 Å².